The monoisotopic (exact) mass is 490 g/mol. The zero-order chi connectivity index (χ0) is 24.6. The number of alkyl halides is 3. The minimum Gasteiger partial charge on any atom is -0.459 e. The summed E-state index contributed by atoms with van der Waals surface area (Å²) in [5.74, 6) is -1.69. The first-order valence-electron chi connectivity index (χ1n) is 10.7. The lowest BCUT2D eigenvalue weighted by molar-refractivity contribution is -0.150. The lowest BCUT2D eigenvalue weighted by atomic mass is 9.97. The number of anilines is 1. The van der Waals surface area contributed by atoms with Gasteiger partial charge in [-0.3, -0.25) is 4.79 Å². The molecule has 5 rings (SSSR count). The molecule has 1 fully saturated rings. The molecule has 1 aliphatic rings. The van der Waals surface area contributed by atoms with Crippen LogP contribution in [0, 0.1) is 11.7 Å². The molecule has 0 N–H and O–H groups in total. The molecule has 0 aliphatic carbocycles. The second kappa shape index (κ2) is 8.96. The number of piperidine rings is 1. The predicted molar refractivity (Wildman–Crippen MR) is 112 cm³/mol. The van der Waals surface area contributed by atoms with Gasteiger partial charge in [0.1, 0.15) is 30.2 Å². The minimum absolute atomic E-state index is 0.00465. The van der Waals surface area contributed by atoms with Crippen molar-refractivity contribution in [3.8, 4) is 11.5 Å². The van der Waals surface area contributed by atoms with E-state index in [2.05, 4.69) is 20.3 Å². The van der Waals surface area contributed by atoms with Crippen molar-refractivity contribution in [2.45, 2.75) is 25.6 Å². The maximum absolute atomic E-state index is 13.1. The van der Waals surface area contributed by atoms with E-state index in [4.69, 9.17) is 9.15 Å². The molecule has 3 aromatic heterocycles. The highest BCUT2D eigenvalue weighted by Gasteiger charge is 2.38. The second-order valence-electron chi connectivity index (χ2n) is 8.00. The third-order valence-corrected chi connectivity index (χ3v) is 5.66. The molecule has 0 unspecified atom stereocenters. The number of oxazole rings is 1. The van der Waals surface area contributed by atoms with Gasteiger partial charge in [0.15, 0.2) is 5.65 Å². The molecule has 35 heavy (non-hydrogen) atoms. The molecule has 0 atom stereocenters. The molecule has 0 amide bonds. The fourth-order valence-electron chi connectivity index (χ4n) is 3.83. The molecule has 0 radical (unpaired) electrons. The van der Waals surface area contributed by atoms with Gasteiger partial charge in [-0.05, 0) is 49.2 Å². The normalized spacial score (nSPS) is 15.0. The summed E-state index contributed by atoms with van der Waals surface area (Å²) in [5, 5.41) is 10.7. The molecule has 4 heterocycles. The first kappa shape index (κ1) is 22.7. The maximum Gasteiger partial charge on any atom is 0.453 e. The Bertz CT molecular complexity index is 1340. The number of aromatic nitrogens is 5. The van der Waals surface area contributed by atoms with E-state index in [0.29, 0.717) is 47.5 Å². The van der Waals surface area contributed by atoms with Gasteiger partial charge in [0.05, 0.1) is 5.92 Å². The van der Waals surface area contributed by atoms with Crippen LogP contribution in [-0.2, 0) is 22.3 Å². The van der Waals surface area contributed by atoms with E-state index in [-0.39, 0.29) is 29.9 Å². The smallest absolute Gasteiger partial charge is 0.453 e. The number of carbonyl (C=O) groups is 1. The van der Waals surface area contributed by atoms with Gasteiger partial charge >= 0.3 is 12.1 Å². The van der Waals surface area contributed by atoms with E-state index in [1.165, 1.54) is 36.6 Å². The Morgan fingerprint density at radius 2 is 1.83 bits per heavy atom. The van der Waals surface area contributed by atoms with Crippen LogP contribution in [0.4, 0.5) is 23.4 Å². The summed E-state index contributed by atoms with van der Waals surface area (Å²) >= 11 is 0. The number of ether oxygens (including phenoxy) is 1. The highest BCUT2D eigenvalue weighted by Crippen LogP contribution is 2.29. The Hall–Kier alpha value is -4.03. The molecule has 0 saturated carbocycles. The number of benzene rings is 1. The maximum atomic E-state index is 13.1. The number of halogens is 4. The summed E-state index contributed by atoms with van der Waals surface area (Å²) < 4.78 is 63.8. The quantitative estimate of drug-likeness (QED) is 0.307. The molecule has 9 nitrogen and oxygen atoms in total. The van der Waals surface area contributed by atoms with Crippen molar-refractivity contribution < 1.29 is 31.5 Å². The van der Waals surface area contributed by atoms with Crippen LogP contribution in [0.5, 0.6) is 0 Å². The second-order valence-corrected chi connectivity index (χ2v) is 8.00. The Kier molecular flexibility index (Phi) is 5.83. The van der Waals surface area contributed by atoms with Gasteiger partial charge in [-0.2, -0.15) is 17.7 Å². The summed E-state index contributed by atoms with van der Waals surface area (Å²) in [6.07, 6.45) is -2.40. The van der Waals surface area contributed by atoms with Gasteiger partial charge in [-0.25, -0.2) is 9.37 Å². The van der Waals surface area contributed by atoms with Crippen LogP contribution in [0.15, 0.2) is 47.1 Å². The van der Waals surface area contributed by atoms with Crippen molar-refractivity contribution in [1.82, 2.24) is 24.8 Å². The molecule has 0 spiro atoms. The molecule has 4 aromatic rings. The van der Waals surface area contributed by atoms with Gasteiger partial charge < -0.3 is 14.1 Å². The van der Waals surface area contributed by atoms with Crippen molar-refractivity contribution in [1.29, 1.82) is 0 Å². The Morgan fingerprint density at radius 1 is 1.09 bits per heavy atom. The van der Waals surface area contributed by atoms with Crippen LogP contribution in [-0.4, -0.2) is 43.9 Å². The van der Waals surface area contributed by atoms with Gasteiger partial charge in [-0.1, -0.05) is 0 Å². The number of fused-ring (bicyclic) bond motifs is 1. The SMILES string of the molecule is O=C(OCc1coc(-c2ccc(F)cc2)n1)C1CCN(c2ccc3nnc(C(F)(F)F)n3n2)CC1. The molecule has 13 heteroatoms. The van der Waals surface area contributed by atoms with Crippen LogP contribution < -0.4 is 4.90 Å². The largest absolute Gasteiger partial charge is 0.459 e. The number of hydrogen-bond acceptors (Lipinski definition) is 8. The van der Waals surface area contributed by atoms with E-state index in [1.54, 1.807) is 11.0 Å². The third-order valence-electron chi connectivity index (χ3n) is 5.66. The van der Waals surface area contributed by atoms with E-state index in [9.17, 15) is 22.4 Å². The average molecular weight is 490 g/mol. The van der Waals surface area contributed by atoms with Gasteiger partial charge in [-0.15, -0.1) is 15.3 Å². The van der Waals surface area contributed by atoms with Gasteiger partial charge in [0, 0.05) is 18.7 Å². The molecule has 0 bridgehead atoms. The summed E-state index contributed by atoms with van der Waals surface area (Å²) in [6.45, 7) is 0.761. The molecular weight excluding hydrogens is 472 g/mol. The van der Waals surface area contributed by atoms with E-state index >= 15 is 0 Å². The highest BCUT2D eigenvalue weighted by atomic mass is 19.4. The van der Waals surface area contributed by atoms with Gasteiger partial charge in [0.25, 0.3) is 5.82 Å². The van der Waals surface area contributed by atoms with Crippen LogP contribution in [0.1, 0.15) is 24.4 Å². The van der Waals surface area contributed by atoms with Crippen molar-refractivity contribution in [2.75, 3.05) is 18.0 Å². The van der Waals surface area contributed by atoms with Crippen LogP contribution in [0.3, 0.4) is 0 Å². The summed E-state index contributed by atoms with van der Waals surface area (Å²) in [7, 11) is 0. The number of rotatable bonds is 5. The topological polar surface area (TPSA) is 98.7 Å². The Morgan fingerprint density at radius 3 is 2.54 bits per heavy atom. The zero-order valence-corrected chi connectivity index (χ0v) is 18.1. The highest BCUT2D eigenvalue weighted by molar-refractivity contribution is 5.73. The van der Waals surface area contributed by atoms with Crippen LogP contribution in [0.25, 0.3) is 17.1 Å². The Labute approximate surface area is 195 Å². The Balaban J connectivity index is 1.16. The van der Waals surface area contributed by atoms with Crippen molar-refractivity contribution in [2.24, 2.45) is 5.92 Å². The lowest BCUT2D eigenvalue weighted by Gasteiger charge is -2.31. The van der Waals surface area contributed by atoms with Crippen LogP contribution in [0.2, 0.25) is 0 Å². The fourth-order valence-corrected chi connectivity index (χ4v) is 3.83. The summed E-state index contributed by atoms with van der Waals surface area (Å²) in [4.78, 5) is 18.6. The van der Waals surface area contributed by atoms with Gasteiger partial charge in [0.2, 0.25) is 5.89 Å². The molecular formula is C22H18F4N6O3. The first-order valence-corrected chi connectivity index (χ1v) is 10.7. The van der Waals surface area contributed by atoms with Crippen molar-refractivity contribution >= 4 is 17.4 Å². The number of carbonyl (C=O) groups excluding carboxylic acids is 1. The lowest BCUT2D eigenvalue weighted by Crippen LogP contribution is -2.37. The predicted octanol–water partition coefficient (Wildman–Crippen LogP) is 3.90. The number of hydrogen-bond donors (Lipinski definition) is 0. The molecule has 182 valence electrons. The third kappa shape index (κ3) is 4.79. The summed E-state index contributed by atoms with van der Waals surface area (Å²) in [5.41, 5.74) is 1.01. The molecule has 1 saturated heterocycles. The molecule has 1 aromatic carbocycles. The van der Waals surface area contributed by atoms with E-state index in [0.717, 1.165) is 0 Å². The number of esters is 1. The van der Waals surface area contributed by atoms with Crippen molar-refractivity contribution in [3.05, 3.63) is 60.0 Å². The van der Waals surface area contributed by atoms with E-state index < -0.39 is 18.0 Å². The van der Waals surface area contributed by atoms with Crippen LogP contribution >= 0.6 is 0 Å². The van der Waals surface area contributed by atoms with E-state index in [1.807, 2.05) is 0 Å². The first-order chi connectivity index (χ1) is 16.8. The number of nitrogens with zero attached hydrogens (tertiary/aromatic N) is 6. The zero-order valence-electron chi connectivity index (χ0n) is 18.1. The fraction of sp³-hybridized carbons (Fsp3) is 0.318. The average Bonchev–Trinajstić information content (AvgIpc) is 3.50. The summed E-state index contributed by atoms with van der Waals surface area (Å²) in [6, 6.07) is 8.64. The minimum atomic E-state index is -4.68. The standard InChI is InChI=1S/C22H18F4N6O3/c23-15-3-1-13(2-4-15)19-27-16(11-34-19)12-35-20(33)14-7-9-31(10-8-14)18-6-5-17-28-29-21(22(24,25)26)32(17)30-18/h1-6,11,14H,7-10,12H2. The van der Waals surface area contributed by atoms with Crippen molar-refractivity contribution in [3.63, 3.8) is 0 Å². The molecule has 1 aliphatic heterocycles.